The molecule has 0 N–H and O–H groups in total. The summed E-state index contributed by atoms with van der Waals surface area (Å²) in [6.45, 7) is 8.33. The molecule has 78 valence electrons. The third-order valence-corrected chi connectivity index (χ3v) is 2.60. The van der Waals surface area contributed by atoms with Crippen molar-refractivity contribution in [2.24, 2.45) is 0 Å². The first-order chi connectivity index (χ1) is 7.08. The smallest absolute Gasteiger partial charge is 0.0680 e. The van der Waals surface area contributed by atoms with E-state index < -0.39 is 0 Å². The zero-order valence-electron chi connectivity index (χ0n) is 9.70. The lowest BCUT2D eigenvalue weighted by molar-refractivity contribution is 0.826. The fraction of sp³-hybridized carbons (Fsp3) is 0.308. The van der Waals surface area contributed by atoms with Gasteiger partial charge in [0.25, 0.3) is 0 Å². The SMILES string of the molecule is Cc1ccc(C)c(-n2nc(C)cc2C)c1. The molecule has 0 aliphatic rings. The van der Waals surface area contributed by atoms with Crippen LogP contribution in [-0.2, 0) is 0 Å². The fourth-order valence-corrected chi connectivity index (χ4v) is 1.82. The minimum absolute atomic E-state index is 1.06. The zero-order chi connectivity index (χ0) is 11.0. The Hall–Kier alpha value is -1.57. The Kier molecular flexibility index (Phi) is 2.35. The molecule has 0 unspecified atom stereocenters. The molecule has 2 rings (SSSR count). The highest BCUT2D eigenvalue weighted by Gasteiger charge is 2.06. The van der Waals surface area contributed by atoms with E-state index in [1.165, 1.54) is 22.5 Å². The minimum atomic E-state index is 1.06. The Morgan fingerprint density at radius 2 is 1.73 bits per heavy atom. The molecule has 2 aromatic rings. The number of benzene rings is 1. The van der Waals surface area contributed by atoms with Gasteiger partial charge in [0.1, 0.15) is 0 Å². The Balaban J connectivity index is 2.62. The van der Waals surface area contributed by atoms with E-state index in [1.807, 2.05) is 11.6 Å². The van der Waals surface area contributed by atoms with E-state index in [0.29, 0.717) is 0 Å². The fourth-order valence-electron chi connectivity index (χ4n) is 1.82. The van der Waals surface area contributed by atoms with E-state index in [0.717, 1.165) is 5.69 Å². The van der Waals surface area contributed by atoms with Gasteiger partial charge in [-0.15, -0.1) is 0 Å². The van der Waals surface area contributed by atoms with Gasteiger partial charge >= 0.3 is 0 Å². The molecule has 0 radical (unpaired) electrons. The Bertz CT molecular complexity index is 495. The molecule has 0 saturated heterocycles. The normalized spacial score (nSPS) is 10.7. The van der Waals surface area contributed by atoms with Crippen molar-refractivity contribution in [3.8, 4) is 5.69 Å². The molecule has 15 heavy (non-hydrogen) atoms. The maximum atomic E-state index is 4.50. The Labute approximate surface area is 90.6 Å². The molecule has 0 aliphatic carbocycles. The van der Waals surface area contributed by atoms with Crippen molar-refractivity contribution >= 4 is 0 Å². The van der Waals surface area contributed by atoms with E-state index in [1.54, 1.807) is 0 Å². The second-order valence-electron chi connectivity index (χ2n) is 4.13. The Morgan fingerprint density at radius 3 is 2.33 bits per heavy atom. The molecule has 2 heteroatoms. The van der Waals surface area contributed by atoms with E-state index >= 15 is 0 Å². The lowest BCUT2D eigenvalue weighted by Gasteiger charge is -2.08. The maximum Gasteiger partial charge on any atom is 0.0680 e. The molecule has 0 spiro atoms. The molecule has 0 aliphatic heterocycles. The molecule has 0 fully saturated rings. The van der Waals surface area contributed by atoms with Crippen LogP contribution in [-0.4, -0.2) is 9.78 Å². The molecular formula is C13H16N2. The van der Waals surface area contributed by atoms with Crippen molar-refractivity contribution in [2.45, 2.75) is 27.7 Å². The number of rotatable bonds is 1. The van der Waals surface area contributed by atoms with E-state index in [-0.39, 0.29) is 0 Å². The van der Waals surface area contributed by atoms with Crippen LogP contribution in [0.2, 0.25) is 0 Å². The summed E-state index contributed by atoms with van der Waals surface area (Å²) in [7, 11) is 0. The number of aromatic nitrogens is 2. The van der Waals surface area contributed by atoms with Crippen molar-refractivity contribution in [1.82, 2.24) is 9.78 Å². The first-order valence-electron chi connectivity index (χ1n) is 5.19. The zero-order valence-corrected chi connectivity index (χ0v) is 9.70. The van der Waals surface area contributed by atoms with Crippen LogP contribution in [0.4, 0.5) is 0 Å². The van der Waals surface area contributed by atoms with Crippen molar-refractivity contribution in [1.29, 1.82) is 0 Å². The van der Waals surface area contributed by atoms with Crippen molar-refractivity contribution in [3.05, 3.63) is 46.8 Å². The van der Waals surface area contributed by atoms with Crippen molar-refractivity contribution < 1.29 is 0 Å². The molecule has 2 nitrogen and oxygen atoms in total. The van der Waals surface area contributed by atoms with Gasteiger partial charge in [-0.1, -0.05) is 12.1 Å². The second-order valence-corrected chi connectivity index (χ2v) is 4.13. The molecular weight excluding hydrogens is 184 g/mol. The van der Waals surface area contributed by atoms with Crippen LogP contribution >= 0.6 is 0 Å². The third kappa shape index (κ3) is 1.80. The van der Waals surface area contributed by atoms with Crippen LogP contribution in [0.25, 0.3) is 5.69 Å². The molecule has 0 saturated carbocycles. The van der Waals surface area contributed by atoms with Gasteiger partial charge in [0, 0.05) is 5.69 Å². The van der Waals surface area contributed by atoms with Crippen molar-refractivity contribution in [2.75, 3.05) is 0 Å². The number of aryl methyl sites for hydroxylation is 4. The lowest BCUT2D eigenvalue weighted by atomic mass is 10.1. The van der Waals surface area contributed by atoms with Crippen LogP contribution in [0.15, 0.2) is 24.3 Å². The second kappa shape index (κ2) is 3.54. The summed E-state index contributed by atoms with van der Waals surface area (Å²) in [5, 5.41) is 4.50. The highest BCUT2D eigenvalue weighted by atomic mass is 15.3. The largest absolute Gasteiger partial charge is 0.238 e. The van der Waals surface area contributed by atoms with E-state index in [4.69, 9.17) is 0 Å². The average Bonchev–Trinajstić information content (AvgIpc) is 2.50. The predicted molar refractivity (Wildman–Crippen MR) is 62.5 cm³/mol. The third-order valence-electron chi connectivity index (χ3n) is 2.60. The van der Waals surface area contributed by atoms with Crippen LogP contribution in [0, 0.1) is 27.7 Å². The monoisotopic (exact) mass is 200 g/mol. The van der Waals surface area contributed by atoms with Gasteiger partial charge in [0.2, 0.25) is 0 Å². The van der Waals surface area contributed by atoms with Gasteiger partial charge in [-0.05, 0) is 51.0 Å². The maximum absolute atomic E-state index is 4.50. The minimum Gasteiger partial charge on any atom is -0.238 e. The first kappa shape index (κ1) is 9.97. The van der Waals surface area contributed by atoms with Crippen molar-refractivity contribution in [3.63, 3.8) is 0 Å². The lowest BCUT2D eigenvalue weighted by Crippen LogP contribution is -2.01. The van der Waals surface area contributed by atoms with E-state index in [9.17, 15) is 0 Å². The summed E-state index contributed by atoms with van der Waals surface area (Å²) in [5.74, 6) is 0. The van der Waals surface area contributed by atoms with Gasteiger partial charge in [-0.2, -0.15) is 5.10 Å². The van der Waals surface area contributed by atoms with Gasteiger partial charge in [0.05, 0.1) is 11.4 Å². The number of nitrogens with zero attached hydrogens (tertiary/aromatic N) is 2. The standard InChI is InChI=1S/C13H16N2/c1-9-5-6-10(2)13(7-9)15-12(4)8-11(3)14-15/h5-8H,1-4H3. The van der Waals surface area contributed by atoms with Crippen LogP contribution in [0.5, 0.6) is 0 Å². The van der Waals surface area contributed by atoms with Gasteiger partial charge in [-0.25, -0.2) is 4.68 Å². The molecule has 1 aromatic carbocycles. The summed E-state index contributed by atoms with van der Waals surface area (Å²) < 4.78 is 2.01. The van der Waals surface area contributed by atoms with Gasteiger partial charge < -0.3 is 0 Å². The highest BCUT2D eigenvalue weighted by Crippen LogP contribution is 2.17. The number of hydrogen-bond acceptors (Lipinski definition) is 1. The number of hydrogen-bond donors (Lipinski definition) is 0. The first-order valence-corrected chi connectivity index (χ1v) is 5.19. The van der Waals surface area contributed by atoms with E-state index in [2.05, 4.69) is 50.1 Å². The topological polar surface area (TPSA) is 17.8 Å². The molecule has 1 heterocycles. The summed E-state index contributed by atoms with van der Waals surface area (Å²) >= 11 is 0. The summed E-state index contributed by atoms with van der Waals surface area (Å²) in [6, 6.07) is 8.54. The highest BCUT2D eigenvalue weighted by molar-refractivity contribution is 5.43. The van der Waals surface area contributed by atoms with Crippen LogP contribution < -0.4 is 0 Å². The predicted octanol–water partition coefficient (Wildman–Crippen LogP) is 3.11. The Morgan fingerprint density at radius 1 is 1.00 bits per heavy atom. The molecule has 0 amide bonds. The summed E-state index contributed by atoms with van der Waals surface area (Å²) in [5.41, 5.74) is 5.95. The van der Waals surface area contributed by atoms with Gasteiger partial charge in [-0.3, -0.25) is 0 Å². The molecule has 1 aromatic heterocycles. The van der Waals surface area contributed by atoms with Crippen LogP contribution in [0.1, 0.15) is 22.5 Å². The molecule has 0 atom stereocenters. The molecule has 0 bridgehead atoms. The van der Waals surface area contributed by atoms with Gasteiger partial charge in [0.15, 0.2) is 0 Å². The average molecular weight is 200 g/mol. The summed E-state index contributed by atoms with van der Waals surface area (Å²) in [6.07, 6.45) is 0. The van der Waals surface area contributed by atoms with Crippen LogP contribution in [0.3, 0.4) is 0 Å². The summed E-state index contributed by atoms with van der Waals surface area (Å²) in [4.78, 5) is 0. The quantitative estimate of drug-likeness (QED) is 0.691.